The van der Waals surface area contributed by atoms with E-state index in [1.807, 2.05) is 0 Å². The monoisotopic (exact) mass is 251 g/mol. The van der Waals surface area contributed by atoms with Crippen LogP contribution >= 0.6 is 22.9 Å². The summed E-state index contributed by atoms with van der Waals surface area (Å²) in [5.74, 6) is 0.496. The SMILES string of the molecule is Cc1ccc(-c2nc(CCl)sc2C)cc1C. The highest BCUT2D eigenvalue weighted by atomic mass is 35.5. The first kappa shape index (κ1) is 11.6. The molecule has 16 heavy (non-hydrogen) atoms. The zero-order valence-electron chi connectivity index (χ0n) is 9.67. The summed E-state index contributed by atoms with van der Waals surface area (Å²) < 4.78 is 0. The number of hydrogen-bond donors (Lipinski definition) is 0. The predicted octanol–water partition coefficient (Wildman–Crippen LogP) is 4.47. The van der Waals surface area contributed by atoms with Crippen LogP contribution in [0.3, 0.4) is 0 Å². The third kappa shape index (κ3) is 2.13. The fourth-order valence-electron chi connectivity index (χ4n) is 1.66. The number of benzene rings is 1. The van der Waals surface area contributed by atoms with Gasteiger partial charge in [-0.2, -0.15) is 0 Å². The molecule has 0 bridgehead atoms. The van der Waals surface area contributed by atoms with E-state index < -0.39 is 0 Å². The van der Waals surface area contributed by atoms with E-state index in [9.17, 15) is 0 Å². The molecule has 0 saturated heterocycles. The van der Waals surface area contributed by atoms with E-state index in [4.69, 9.17) is 11.6 Å². The highest BCUT2D eigenvalue weighted by Crippen LogP contribution is 2.29. The molecule has 0 aliphatic carbocycles. The summed E-state index contributed by atoms with van der Waals surface area (Å²) in [6.45, 7) is 6.35. The van der Waals surface area contributed by atoms with Crippen LogP contribution in [0.15, 0.2) is 18.2 Å². The van der Waals surface area contributed by atoms with Crippen molar-refractivity contribution in [1.29, 1.82) is 0 Å². The van der Waals surface area contributed by atoms with E-state index in [0.29, 0.717) is 5.88 Å². The lowest BCUT2D eigenvalue weighted by atomic mass is 10.0. The minimum absolute atomic E-state index is 0.496. The molecule has 0 radical (unpaired) electrons. The molecule has 0 aliphatic rings. The second-order valence-corrected chi connectivity index (χ2v) is 5.50. The fourth-order valence-corrected chi connectivity index (χ4v) is 2.69. The quantitative estimate of drug-likeness (QED) is 0.718. The van der Waals surface area contributed by atoms with Crippen molar-refractivity contribution in [2.75, 3.05) is 0 Å². The van der Waals surface area contributed by atoms with E-state index in [1.165, 1.54) is 21.6 Å². The normalized spacial score (nSPS) is 10.8. The topological polar surface area (TPSA) is 12.9 Å². The Balaban J connectivity index is 2.49. The molecule has 1 nitrogen and oxygen atoms in total. The van der Waals surface area contributed by atoms with Crippen LogP contribution in [-0.4, -0.2) is 4.98 Å². The van der Waals surface area contributed by atoms with Crippen LogP contribution in [-0.2, 0) is 5.88 Å². The Labute approximate surface area is 105 Å². The molecular weight excluding hydrogens is 238 g/mol. The van der Waals surface area contributed by atoms with Gasteiger partial charge in [-0.05, 0) is 38.0 Å². The van der Waals surface area contributed by atoms with E-state index in [0.717, 1.165) is 10.7 Å². The molecule has 0 saturated carbocycles. The van der Waals surface area contributed by atoms with Gasteiger partial charge in [-0.3, -0.25) is 0 Å². The number of rotatable bonds is 2. The summed E-state index contributed by atoms with van der Waals surface area (Å²) in [5.41, 5.74) is 4.88. The minimum Gasteiger partial charge on any atom is -0.240 e. The Morgan fingerprint density at radius 3 is 2.50 bits per heavy atom. The lowest BCUT2D eigenvalue weighted by Crippen LogP contribution is -1.85. The van der Waals surface area contributed by atoms with E-state index in [-0.39, 0.29) is 0 Å². The molecule has 1 aromatic carbocycles. The molecule has 0 atom stereocenters. The lowest BCUT2D eigenvalue weighted by Gasteiger charge is -2.03. The maximum Gasteiger partial charge on any atom is 0.108 e. The second kappa shape index (κ2) is 4.56. The van der Waals surface area contributed by atoms with E-state index in [2.05, 4.69) is 44.0 Å². The standard InChI is InChI=1S/C13H14ClNS/c1-8-4-5-11(6-9(8)2)13-10(3)16-12(7-14)15-13/h4-6H,7H2,1-3H3. The molecule has 0 aliphatic heterocycles. The van der Waals surface area contributed by atoms with Crippen molar-refractivity contribution >= 4 is 22.9 Å². The number of aromatic nitrogens is 1. The van der Waals surface area contributed by atoms with Gasteiger partial charge >= 0.3 is 0 Å². The fraction of sp³-hybridized carbons (Fsp3) is 0.308. The third-order valence-corrected chi connectivity index (χ3v) is 4.12. The van der Waals surface area contributed by atoms with Gasteiger partial charge < -0.3 is 0 Å². The highest BCUT2D eigenvalue weighted by molar-refractivity contribution is 7.12. The first-order chi connectivity index (χ1) is 7.61. The smallest absolute Gasteiger partial charge is 0.108 e. The van der Waals surface area contributed by atoms with Crippen molar-refractivity contribution < 1.29 is 0 Å². The Bertz CT molecular complexity index is 517. The largest absolute Gasteiger partial charge is 0.240 e. The van der Waals surface area contributed by atoms with Crippen LogP contribution in [0.2, 0.25) is 0 Å². The molecule has 3 heteroatoms. The predicted molar refractivity (Wildman–Crippen MR) is 71.3 cm³/mol. The van der Waals surface area contributed by atoms with Crippen LogP contribution < -0.4 is 0 Å². The zero-order valence-corrected chi connectivity index (χ0v) is 11.2. The Kier molecular flexibility index (Phi) is 3.31. The summed E-state index contributed by atoms with van der Waals surface area (Å²) >= 11 is 7.48. The molecule has 1 aromatic heterocycles. The maximum atomic E-state index is 5.80. The first-order valence-electron chi connectivity index (χ1n) is 5.21. The Morgan fingerprint density at radius 2 is 1.94 bits per heavy atom. The summed E-state index contributed by atoms with van der Waals surface area (Å²) in [4.78, 5) is 5.79. The molecule has 84 valence electrons. The van der Waals surface area contributed by atoms with Crippen LogP contribution in [0, 0.1) is 20.8 Å². The number of aryl methyl sites for hydroxylation is 3. The molecular formula is C13H14ClNS. The molecule has 1 heterocycles. The van der Waals surface area contributed by atoms with Gasteiger partial charge in [-0.25, -0.2) is 4.98 Å². The summed E-state index contributed by atoms with van der Waals surface area (Å²) in [5, 5.41) is 0.993. The van der Waals surface area contributed by atoms with Crippen molar-refractivity contribution in [1.82, 2.24) is 4.98 Å². The van der Waals surface area contributed by atoms with E-state index >= 15 is 0 Å². The van der Waals surface area contributed by atoms with Gasteiger partial charge in [0.2, 0.25) is 0 Å². The van der Waals surface area contributed by atoms with Crippen molar-refractivity contribution in [3.05, 3.63) is 39.2 Å². The van der Waals surface area contributed by atoms with Crippen molar-refractivity contribution in [3.63, 3.8) is 0 Å². The number of hydrogen-bond acceptors (Lipinski definition) is 2. The van der Waals surface area contributed by atoms with Gasteiger partial charge in [0.25, 0.3) is 0 Å². The summed E-state index contributed by atoms with van der Waals surface area (Å²) in [6.07, 6.45) is 0. The second-order valence-electron chi connectivity index (χ2n) is 3.95. The lowest BCUT2D eigenvalue weighted by molar-refractivity contribution is 1.24. The zero-order chi connectivity index (χ0) is 11.7. The molecule has 0 fully saturated rings. The van der Waals surface area contributed by atoms with Crippen LogP contribution in [0.4, 0.5) is 0 Å². The average Bonchev–Trinajstić information content (AvgIpc) is 2.64. The van der Waals surface area contributed by atoms with Crippen molar-refractivity contribution in [3.8, 4) is 11.3 Å². The molecule has 0 amide bonds. The Morgan fingerprint density at radius 1 is 1.19 bits per heavy atom. The van der Waals surface area contributed by atoms with Crippen LogP contribution in [0.1, 0.15) is 21.0 Å². The molecule has 0 spiro atoms. The van der Waals surface area contributed by atoms with Gasteiger partial charge in [-0.1, -0.05) is 12.1 Å². The number of alkyl halides is 1. The summed E-state index contributed by atoms with van der Waals surface area (Å²) in [7, 11) is 0. The molecule has 2 aromatic rings. The Hall–Kier alpha value is -0.860. The van der Waals surface area contributed by atoms with Gasteiger partial charge in [0.05, 0.1) is 11.6 Å². The first-order valence-corrected chi connectivity index (χ1v) is 6.57. The third-order valence-electron chi connectivity index (χ3n) is 2.74. The summed E-state index contributed by atoms with van der Waals surface area (Å²) in [6, 6.07) is 6.46. The van der Waals surface area contributed by atoms with Gasteiger partial charge in [0, 0.05) is 10.4 Å². The average molecular weight is 252 g/mol. The van der Waals surface area contributed by atoms with Gasteiger partial charge in [0.1, 0.15) is 5.01 Å². The van der Waals surface area contributed by atoms with Gasteiger partial charge in [0.15, 0.2) is 0 Å². The molecule has 0 N–H and O–H groups in total. The number of halogens is 1. The van der Waals surface area contributed by atoms with Gasteiger partial charge in [-0.15, -0.1) is 22.9 Å². The highest BCUT2D eigenvalue weighted by Gasteiger charge is 2.09. The maximum absolute atomic E-state index is 5.80. The van der Waals surface area contributed by atoms with Crippen molar-refractivity contribution in [2.45, 2.75) is 26.7 Å². The van der Waals surface area contributed by atoms with E-state index in [1.54, 1.807) is 11.3 Å². The minimum atomic E-state index is 0.496. The molecule has 0 unspecified atom stereocenters. The van der Waals surface area contributed by atoms with Crippen LogP contribution in [0.25, 0.3) is 11.3 Å². The van der Waals surface area contributed by atoms with Crippen molar-refractivity contribution in [2.24, 2.45) is 0 Å². The number of nitrogens with zero attached hydrogens (tertiary/aromatic N) is 1. The van der Waals surface area contributed by atoms with Crippen LogP contribution in [0.5, 0.6) is 0 Å². The molecule has 2 rings (SSSR count). The number of thiazole rings is 1.